The van der Waals surface area contributed by atoms with Crippen LogP contribution in [0.15, 0.2) is 47.4 Å². The van der Waals surface area contributed by atoms with Gasteiger partial charge in [0.1, 0.15) is 0 Å². The number of nitrogens with zero attached hydrogens (tertiary/aromatic N) is 1. The first-order valence-corrected chi connectivity index (χ1v) is 10.3. The van der Waals surface area contributed by atoms with E-state index >= 15 is 0 Å². The fourth-order valence-electron chi connectivity index (χ4n) is 2.62. The number of aryl methyl sites for hydroxylation is 2. The fourth-order valence-corrected chi connectivity index (χ4v) is 3.64. The second-order valence-corrected chi connectivity index (χ2v) is 8.15. The third-order valence-corrected chi connectivity index (χ3v) is 5.98. The second-order valence-electron chi connectivity index (χ2n) is 6.21. The Bertz CT molecular complexity index is 1000. The minimum absolute atomic E-state index is 0.00789. The van der Waals surface area contributed by atoms with Gasteiger partial charge in [0.05, 0.1) is 17.6 Å². The molecule has 0 fully saturated rings. The lowest BCUT2D eigenvalue weighted by Gasteiger charge is -2.15. The number of anilines is 1. The highest BCUT2D eigenvalue weighted by atomic mass is 32.2. The molecule has 156 valence electrons. The molecule has 0 aromatic heterocycles. The number of sulfonamides is 1. The van der Waals surface area contributed by atoms with Gasteiger partial charge in [-0.25, -0.2) is 13.2 Å². The summed E-state index contributed by atoms with van der Waals surface area (Å²) >= 11 is 0. The van der Waals surface area contributed by atoms with Crippen molar-refractivity contribution < 1.29 is 27.6 Å². The molecule has 9 heteroatoms. The summed E-state index contributed by atoms with van der Waals surface area (Å²) in [5.74, 6) is -1.29. The molecule has 1 N–H and O–H groups in total. The maximum absolute atomic E-state index is 12.3. The van der Waals surface area contributed by atoms with Gasteiger partial charge in [-0.05, 0) is 42.7 Å². The first-order chi connectivity index (χ1) is 13.7. The molecule has 0 saturated carbocycles. The first-order valence-electron chi connectivity index (χ1n) is 8.89. The van der Waals surface area contributed by atoms with E-state index in [0.29, 0.717) is 10.2 Å². The van der Waals surface area contributed by atoms with E-state index in [-0.39, 0.29) is 10.5 Å². The first kappa shape index (κ1) is 22.5. The van der Waals surface area contributed by atoms with Gasteiger partial charge in [-0.3, -0.25) is 9.63 Å². The molecule has 0 aliphatic heterocycles. The van der Waals surface area contributed by atoms with Crippen LogP contribution in [0.25, 0.3) is 0 Å². The molecular weight excluding hydrogens is 396 g/mol. The molecule has 2 aromatic carbocycles. The van der Waals surface area contributed by atoms with Crippen molar-refractivity contribution in [1.29, 1.82) is 0 Å². The maximum Gasteiger partial charge on any atom is 0.338 e. The lowest BCUT2D eigenvalue weighted by Crippen LogP contribution is -2.26. The zero-order chi connectivity index (χ0) is 21.6. The van der Waals surface area contributed by atoms with Gasteiger partial charge < -0.3 is 10.1 Å². The molecular formula is C20H24N2O6S. The van der Waals surface area contributed by atoms with Crippen molar-refractivity contribution in [3.8, 4) is 0 Å². The standard InChI is InChI=1S/C20H24N2O6S/c1-5-15-9-6-8-14(2)19(15)21-18(23)13-28-20(24)16-10-7-11-17(12-16)29(25,26)22(3)27-4/h6-12H,5,13H2,1-4H3,(H,21,23). The number of hydrogen-bond acceptors (Lipinski definition) is 6. The van der Waals surface area contributed by atoms with Gasteiger partial charge in [-0.1, -0.05) is 35.7 Å². The van der Waals surface area contributed by atoms with Crippen LogP contribution in [0, 0.1) is 6.92 Å². The van der Waals surface area contributed by atoms with Gasteiger partial charge in [-0.2, -0.15) is 0 Å². The number of esters is 1. The molecule has 8 nitrogen and oxygen atoms in total. The van der Waals surface area contributed by atoms with E-state index in [2.05, 4.69) is 5.32 Å². The number of hydrogen-bond donors (Lipinski definition) is 1. The quantitative estimate of drug-likeness (QED) is 0.520. The highest BCUT2D eigenvalue weighted by molar-refractivity contribution is 7.89. The van der Waals surface area contributed by atoms with Crippen molar-refractivity contribution in [3.05, 3.63) is 59.2 Å². The molecule has 0 bridgehead atoms. The van der Waals surface area contributed by atoms with E-state index in [4.69, 9.17) is 9.57 Å². The monoisotopic (exact) mass is 420 g/mol. The van der Waals surface area contributed by atoms with Crippen LogP contribution in [0.2, 0.25) is 0 Å². The van der Waals surface area contributed by atoms with Gasteiger partial charge in [0.15, 0.2) is 6.61 Å². The Kier molecular flexibility index (Phi) is 7.49. The Balaban J connectivity index is 2.07. The van der Waals surface area contributed by atoms with Gasteiger partial charge in [0.2, 0.25) is 0 Å². The lowest BCUT2D eigenvalue weighted by molar-refractivity contribution is -0.119. The molecule has 0 saturated heterocycles. The largest absolute Gasteiger partial charge is 0.452 e. The summed E-state index contributed by atoms with van der Waals surface area (Å²) in [7, 11) is -1.45. The number of carbonyl (C=O) groups is 2. The highest BCUT2D eigenvalue weighted by Gasteiger charge is 2.22. The van der Waals surface area contributed by atoms with Crippen LogP contribution >= 0.6 is 0 Å². The molecule has 0 radical (unpaired) electrons. The smallest absolute Gasteiger partial charge is 0.338 e. The third kappa shape index (κ3) is 5.41. The summed E-state index contributed by atoms with van der Waals surface area (Å²) in [6, 6.07) is 11.0. The van der Waals surface area contributed by atoms with Gasteiger partial charge in [0, 0.05) is 12.7 Å². The third-order valence-electron chi connectivity index (χ3n) is 4.30. The topological polar surface area (TPSA) is 102 Å². The van der Waals surface area contributed by atoms with Crippen molar-refractivity contribution in [2.24, 2.45) is 0 Å². The Hall–Kier alpha value is -2.75. The zero-order valence-corrected chi connectivity index (χ0v) is 17.6. The Morgan fingerprint density at radius 1 is 1.14 bits per heavy atom. The molecule has 2 rings (SSSR count). The zero-order valence-electron chi connectivity index (χ0n) is 16.8. The van der Waals surface area contributed by atoms with Gasteiger partial charge in [0.25, 0.3) is 15.9 Å². The number of hydroxylamine groups is 1. The van der Waals surface area contributed by atoms with E-state index in [1.54, 1.807) is 0 Å². The van der Waals surface area contributed by atoms with Crippen LogP contribution in [-0.2, 0) is 30.8 Å². The number of nitrogens with one attached hydrogen (secondary N) is 1. The van der Waals surface area contributed by atoms with E-state index < -0.39 is 28.5 Å². The van der Waals surface area contributed by atoms with Crippen molar-refractivity contribution >= 4 is 27.6 Å². The van der Waals surface area contributed by atoms with E-state index in [9.17, 15) is 18.0 Å². The van der Waals surface area contributed by atoms with E-state index in [0.717, 1.165) is 17.5 Å². The predicted octanol–water partition coefficient (Wildman–Crippen LogP) is 2.53. The fraction of sp³-hybridized carbons (Fsp3) is 0.300. The SMILES string of the molecule is CCc1cccc(C)c1NC(=O)COC(=O)c1cccc(S(=O)(=O)N(C)OC)c1. The van der Waals surface area contributed by atoms with Crippen LogP contribution in [0.1, 0.15) is 28.4 Å². The van der Waals surface area contributed by atoms with Crippen LogP contribution in [0.4, 0.5) is 5.69 Å². The van der Waals surface area contributed by atoms with Crippen molar-refractivity contribution in [3.63, 3.8) is 0 Å². The lowest BCUT2D eigenvalue weighted by atomic mass is 10.1. The molecule has 0 spiro atoms. The molecule has 2 aromatic rings. The Morgan fingerprint density at radius 3 is 2.48 bits per heavy atom. The van der Waals surface area contributed by atoms with Crippen molar-refractivity contribution in [2.45, 2.75) is 25.2 Å². The summed E-state index contributed by atoms with van der Waals surface area (Å²) in [5.41, 5.74) is 2.59. The Morgan fingerprint density at radius 2 is 1.83 bits per heavy atom. The maximum atomic E-state index is 12.3. The van der Waals surface area contributed by atoms with Crippen LogP contribution < -0.4 is 5.32 Å². The summed E-state index contributed by atoms with van der Waals surface area (Å²) in [6.45, 7) is 3.36. The van der Waals surface area contributed by atoms with E-state index in [1.807, 2.05) is 32.0 Å². The number of rotatable bonds is 8. The summed E-state index contributed by atoms with van der Waals surface area (Å²) in [6.07, 6.45) is 0.744. The molecule has 0 unspecified atom stereocenters. The average Bonchev–Trinajstić information content (AvgIpc) is 2.72. The Labute approximate surface area is 170 Å². The molecule has 0 aliphatic carbocycles. The van der Waals surface area contributed by atoms with Crippen LogP contribution in [-0.4, -0.2) is 45.5 Å². The van der Waals surface area contributed by atoms with Crippen molar-refractivity contribution in [2.75, 3.05) is 26.1 Å². The summed E-state index contributed by atoms with van der Waals surface area (Å²) < 4.78 is 30.3. The number of benzene rings is 2. The van der Waals surface area contributed by atoms with Gasteiger partial charge >= 0.3 is 5.97 Å². The minimum Gasteiger partial charge on any atom is -0.452 e. The van der Waals surface area contributed by atoms with E-state index in [1.165, 1.54) is 38.4 Å². The second kappa shape index (κ2) is 9.64. The van der Waals surface area contributed by atoms with Crippen LogP contribution in [0.3, 0.4) is 0 Å². The molecule has 0 aliphatic rings. The van der Waals surface area contributed by atoms with Crippen molar-refractivity contribution in [1.82, 2.24) is 4.47 Å². The summed E-state index contributed by atoms with van der Waals surface area (Å²) in [5, 5.41) is 2.76. The number of para-hydroxylation sites is 1. The number of carbonyl (C=O) groups excluding carboxylic acids is 2. The normalized spacial score (nSPS) is 11.3. The van der Waals surface area contributed by atoms with Gasteiger partial charge in [-0.15, -0.1) is 0 Å². The highest BCUT2D eigenvalue weighted by Crippen LogP contribution is 2.21. The number of ether oxygens (including phenoxy) is 1. The van der Waals surface area contributed by atoms with Crippen LogP contribution in [0.5, 0.6) is 0 Å². The molecule has 0 atom stereocenters. The average molecular weight is 420 g/mol. The molecule has 29 heavy (non-hydrogen) atoms. The minimum atomic E-state index is -3.91. The summed E-state index contributed by atoms with van der Waals surface area (Å²) in [4.78, 5) is 29.1. The predicted molar refractivity (Wildman–Crippen MR) is 108 cm³/mol. The molecule has 1 amide bonds. The molecule has 0 heterocycles. The number of amides is 1.